The van der Waals surface area contributed by atoms with Gasteiger partial charge in [-0.05, 0) is 33.3 Å². The first-order valence-electron chi connectivity index (χ1n) is 6.91. The third kappa shape index (κ3) is 3.38. The summed E-state index contributed by atoms with van der Waals surface area (Å²) in [5.41, 5.74) is 2.70. The Hall–Kier alpha value is -1.84. The lowest BCUT2D eigenvalue weighted by Crippen LogP contribution is -2.07. The van der Waals surface area contributed by atoms with Gasteiger partial charge in [0.1, 0.15) is 0 Å². The Balaban J connectivity index is 3.34. The van der Waals surface area contributed by atoms with Gasteiger partial charge in [0, 0.05) is 24.4 Å². The van der Waals surface area contributed by atoms with Gasteiger partial charge in [-0.25, -0.2) is 9.37 Å². The average Bonchev–Trinajstić information content (AvgIpc) is 2.76. The normalized spacial score (nSPS) is 12.9. The summed E-state index contributed by atoms with van der Waals surface area (Å²) in [7, 11) is 1.85. The third-order valence-corrected chi connectivity index (χ3v) is 3.16. The molecular formula is C16H24FN3. The molecule has 110 valence electrons. The summed E-state index contributed by atoms with van der Waals surface area (Å²) < 4.78 is 15.4. The zero-order valence-electron chi connectivity index (χ0n) is 13.0. The minimum absolute atomic E-state index is 0.154. The van der Waals surface area contributed by atoms with Crippen LogP contribution < -0.4 is 5.32 Å². The molecule has 1 aromatic rings. The second-order valence-electron chi connectivity index (χ2n) is 4.88. The molecule has 1 N–H and O–H groups in total. The molecule has 0 aliphatic carbocycles. The topological polar surface area (TPSA) is 29.9 Å². The van der Waals surface area contributed by atoms with E-state index in [-0.39, 0.29) is 5.83 Å². The zero-order valence-corrected chi connectivity index (χ0v) is 13.0. The van der Waals surface area contributed by atoms with Crippen LogP contribution in [0.5, 0.6) is 0 Å². The number of anilines is 1. The highest BCUT2D eigenvalue weighted by Crippen LogP contribution is 2.26. The Morgan fingerprint density at radius 2 is 2.10 bits per heavy atom. The number of hydrogen-bond acceptors (Lipinski definition) is 2. The van der Waals surface area contributed by atoms with Crippen molar-refractivity contribution in [3.8, 4) is 0 Å². The molecule has 20 heavy (non-hydrogen) atoms. The fourth-order valence-corrected chi connectivity index (χ4v) is 2.14. The van der Waals surface area contributed by atoms with Crippen LogP contribution >= 0.6 is 0 Å². The van der Waals surface area contributed by atoms with Crippen LogP contribution in [0.2, 0.25) is 0 Å². The predicted octanol–water partition coefficient (Wildman–Crippen LogP) is 4.65. The van der Waals surface area contributed by atoms with Crippen LogP contribution in [0.25, 0.3) is 5.57 Å². The van der Waals surface area contributed by atoms with Crippen molar-refractivity contribution in [2.45, 2.75) is 40.2 Å². The van der Waals surface area contributed by atoms with Gasteiger partial charge in [0.05, 0.1) is 11.5 Å². The monoisotopic (exact) mass is 277 g/mol. The van der Waals surface area contributed by atoms with Crippen molar-refractivity contribution in [2.24, 2.45) is 0 Å². The number of halogens is 1. The minimum atomic E-state index is -0.154. The fourth-order valence-electron chi connectivity index (χ4n) is 2.14. The van der Waals surface area contributed by atoms with Gasteiger partial charge in [-0.15, -0.1) is 0 Å². The highest BCUT2D eigenvalue weighted by Gasteiger charge is 2.16. The molecule has 1 heterocycles. The van der Waals surface area contributed by atoms with Crippen molar-refractivity contribution in [1.29, 1.82) is 0 Å². The van der Waals surface area contributed by atoms with E-state index in [1.54, 1.807) is 19.1 Å². The Labute approximate surface area is 120 Å². The van der Waals surface area contributed by atoms with E-state index < -0.39 is 0 Å². The highest BCUT2D eigenvalue weighted by atomic mass is 19.1. The number of allylic oxidation sites excluding steroid dienone is 5. The molecule has 0 saturated carbocycles. The first-order chi connectivity index (χ1) is 9.46. The summed E-state index contributed by atoms with van der Waals surface area (Å²) in [6.45, 7) is 11.8. The van der Waals surface area contributed by atoms with Gasteiger partial charge in [-0.3, -0.25) is 0 Å². The van der Waals surface area contributed by atoms with Crippen LogP contribution in [0, 0.1) is 6.92 Å². The van der Waals surface area contributed by atoms with Crippen LogP contribution in [-0.4, -0.2) is 16.6 Å². The number of nitrogens with zero attached hydrogens (tertiary/aromatic N) is 2. The molecule has 0 atom stereocenters. The Morgan fingerprint density at radius 1 is 1.45 bits per heavy atom. The summed E-state index contributed by atoms with van der Waals surface area (Å²) in [5.74, 6) is 0.652. The Morgan fingerprint density at radius 3 is 2.50 bits per heavy atom. The van der Waals surface area contributed by atoms with E-state index in [4.69, 9.17) is 0 Å². The molecule has 0 unspecified atom stereocenters. The van der Waals surface area contributed by atoms with Gasteiger partial charge in [0.15, 0.2) is 0 Å². The van der Waals surface area contributed by atoms with Crippen LogP contribution in [-0.2, 0) is 0 Å². The molecule has 4 heteroatoms. The summed E-state index contributed by atoms with van der Waals surface area (Å²) in [6.07, 6.45) is 5.30. The summed E-state index contributed by atoms with van der Waals surface area (Å²) >= 11 is 0. The second kappa shape index (κ2) is 7.08. The van der Waals surface area contributed by atoms with Crippen molar-refractivity contribution >= 4 is 11.5 Å². The molecule has 0 amide bonds. The van der Waals surface area contributed by atoms with Gasteiger partial charge in [-0.1, -0.05) is 25.7 Å². The minimum Gasteiger partial charge on any atom is -0.359 e. The first kappa shape index (κ1) is 16.2. The maximum Gasteiger partial charge on any atom is 0.203 e. The number of nitrogens with one attached hydrogen (secondary N) is 1. The van der Waals surface area contributed by atoms with Crippen molar-refractivity contribution in [1.82, 2.24) is 9.55 Å². The van der Waals surface area contributed by atoms with E-state index in [0.29, 0.717) is 12.5 Å². The molecule has 0 fully saturated rings. The maximum atomic E-state index is 13.3. The molecule has 0 aromatic carbocycles. The second-order valence-corrected chi connectivity index (χ2v) is 4.88. The summed E-state index contributed by atoms with van der Waals surface area (Å²) in [5, 5.41) is 3.09. The molecular weight excluding hydrogens is 253 g/mol. The van der Waals surface area contributed by atoms with E-state index in [2.05, 4.69) is 35.3 Å². The molecule has 3 nitrogen and oxygen atoms in total. The largest absolute Gasteiger partial charge is 0.359 e. The van der Waals surface area contributed by atoms with Gasteiger partial charge in [0.2, 0.25) is 5.95 Å². The van der Waals surface area contributed by atoms with E-state index in [9.17, 15) is 4.39 Å². The highest BCUT2D eigenvalue weighted by molar-refractivity contribution is 5.75. The van der Waals surface area contributed by atoms with Crippen molar-refractivity contribution in [3.05, 3.63) is 42.0 Å². The molecule has 0 spiro atoms. The average molecular weight is 277 g/mol. The van der Waals surface area contributed by atoms with Gasteiger partial charge >= 0.3 is 0 Å². The molecule has 0 radical (unpaired) electrons. The molecule has 0 saturated heterocycles. The van der Waals surface area contributed by atoms with Crippen LogP contribution in [0.3, 0.4) is 0 Å². The first-order valence-corrected chi connectivity index (χ1v) is 6.91. The standard InChI is InChI=1S/C16H24FN3/c1-7-13(9-10-14(17)8-2)15-12(5)20(11(3)4)16(18-6)19-15/h7,9-11H,1,8H2,2-6H3,(H,18,19)/b13-9+,14-10+. The Bertz CT molecular complexity index is 536. The number of imidazole rings is 1. The lowest BCUT2D eigenvalue weighted by Gasteiger charge is -2.13. The van der Waals surface area contributed by atoms with Gasteiger partial charge < -0.3 is 9.88 Å². The number of rotatable bonds is 6. The zero-order chi connectivity index (χ0) is 15.3. The molecule has 1 rings (SSSR count). The lowest BCUT2D eigenvalue weighted by molar-refractivity contribution is 0.592. The predicted molar refractivity (Wildman–Crippen MR) is 84.6 cm³/mol. The van der Waals surface area contributed by atoms with Crippen LogP contribution in [0.15, 0.2) is 30.6 Å². The SMILES string of the molecule is C=C/C(=C\C=C(\F)CC)c1nc(NC)n(C(C)C)c1C. The van der Waals surface area contributed by atoms with E-state index in [1.165, 1.54) is 6.08 Å². The fraction of sp³-hybridized carbons (Fsp3) is 0.438. The van der Waals surface area contributed by atoms with E-state index in [1.807, 2.05) is 14.0 Å². The van der Waals surface area contributed by atoms with Crippen molar-refractivity contribution < 1.29 is 4.39 Å². The molecule has 1 aromatic heterocycles. The number of hydrogen-bond donors (Lipinski definition) is 1. The third-order valence-electron chi connectivity index (χ3n) is 3.16. The van der Waals surface area contributed by atoms with Crippen LogP contribution in [0.1, 0.15) is 44.6 Å². The lowest BCUT2D eigenvalue weighted by atomic mass is 10.1. The summed E-state index contributed by atoms with van der Waals surface area (Å²) in [4.78, 5) is 4.59. The quantitative estimate of drug-likeness (QED) is 0.767. The summed E-state index contributed by atoms with van der Waals surface area (Å²) in [6, 6.07) is 0.299. The molecule has 0 bridgehead atoms. The number of aromatic nitrogens is 2. The van der Waals surface area contributed by atoms with E-state index >= 15 is 0 Å². The maximum absolute atomic E-state index is 13.3. The van der Waals surface area contributed by atoms with Gasteiger partial charge in [-0.2, -0.15) is 0 Å². The van der Waals surface area contributed by atoms with Crippen LogP contribution in [0.4, 0.5) is 10.3 Å². The van der Waals surface area contributed by atoms with E-state index in [0.717, 1.165) is 22.9 Å². The van der Waals surface area contributed by atoms with Crippen molar-refractivity contribution in [3.63, 3.8) is 0 Å². The molecule has 0 aliphatic rings. The Kier molecular flexibility index (Phi) is 5.74. The molecule has 0 aliphatic heterocycles. The van der Waals surface area contributed by atoms with Gasteiger partial charge in [0.25, 0.3) is 0 Å². The van der Waals surface area contributed by atoms with Crippen molar-refractivity contribution in [2.75, 3.05) is 12.4 Å². The smallest absolute Gasteiger partial charge is 0.203 e.